The summed E-state index contributed by atoms with van der Waals surface area (Å²) in [6.45, 7) is 1.52. The number of ether oxygens (including phenoxy) is 1. The molecule has 1 fully saturated rings. The summed E-state index contributed by atoms with van der Waals surface area (Å²) in [4.78, 5) is 7.58. The highest BCUT2D eigenvalue weighted by Gasteiger charge is 2.21. The van der Waals surface area contributed by atoms with E-state index in [4.69, 9.17) is 17.0 Å². The fourth-order valence-electron chi connectivity index (χ4n) is 2.05. The average molecular weight is 300 g/mol. The number of H-pyrrole nitrogens is 1. The summed E-state index contributed by atoms with van der Waals surface area (Å²) in [6, 6.07) is 2.31. The zero-order chi connectivity index (χ0) is 11.1. The van der Waals surface area contributed by atoms with E-state index in [0.29, 0.717) is 6.04 Å². The van der Waals surface area contributed by atoms with Crippen molar-refractivity contribution in [1.82, 2.24) is 14.5 Å². The molecular weight excluding hydrogens is 290 g/mol. The van der Waals surface area contributed by atoms with Crippen LogP contribution < -0.4 is 0 Å². The number of aromatic amines is 1. The van der Waals surface area contributed by atoms with Crippen LogP contribution in [0.1, 0.15) is 12.5 Å². The summed E-state index contributed by atoms with van der Waals surface area (Å²) in [5.41, 5.74) is 1.87. The maximum absolute atomic E-state index is 5.39. The van der Waals surface area contributed by atoms with Gasteiger partial charge in [-0.15, -0.1) is 0 Å². The van der Waals surface area contributed by atoms with E-state index in [-0.39, 0.29) is 0 Å². The Morgan fingerprint density at radius 2 is 2.50 bits per heavy atom. The number of hydrogen-bond donors (Lipinski definition) is 1. The minimum atomic E-state index is 0.315. The van der Waals surface area contributed by atoms with Crippen LogP contribution in [-0.4, -0.2) is 27.7 Å². The van der Waals surface area contributed by atoms with Crippen LogP contribution >= 0.6 is 28.1 Å². The molecule has 1 saturated heterocycles. The molecule has 16 heavy (non-hydrogen) atoms. The topological polar surface area (TPSA) is 42.8 Å². The minimum Gasteiger partial charge on any atom is -0.379 e. The van der Waals surface area contributed by atoms with Crippen LogP contribution in [0.2, 0.25) is 0 Å². The van der Waals surface area contributed by atoms with Crippen molar-refractivity contribution < 1.29 is 4.74 Å². The Bertz CT molecular complexity index is 585. The molecule has 0 bridgehead atoms. The first-order valence-corrected chi connectivity index (χ1v) is 6.29. The van der Waals surface area contributed by atoms with E-state index in [0.717, 1.165) is 40.0 Å². The van der Waals surface area contributed by atoms with Crippen LogP contribution in [0, 0.1) is 4.77 Å². The van der Waals surface area contributed by atoms with Crippen molar-refractivity contribution in [2.45, 2.75) is 12.5 Å². The van der Waals surface area contributed by atoms with E-state index in [9.17, 15) is 0 Å². The molecule has 0 spiro atoms. The summed E-state index contributed by atoms with van der Waals surface area (Å²) in [7, 11) is 0. The van der Waals surface area contributed by atoms with Gasteiger partial charge in [-0.25, -0.2) is 4.98 Å². The average Bonchev–Trinajstić information content (AvgIpc) is 2.83. The van der Waals surface area contributed by atoms with Gasteiger partial charge in [0, 0.05) is 17.3 Å². The molecule has 84 valence electrons. The number of imidazole rings is 1. The molecule has 0 aromatic carbocycles. The van der Waals surface area contributed by atoms with Crippen LogP contribution in [0.15, 0.2) is 16.7 Å². The highest BCUT2D eigenvalue weighted by atomic mass is 79.9. The van der Waals surface area contributed by atoms with Gasteiger partial charge in [-0.1, -0.05) is 0 Å². The molecule has 4 nitrogen and oxygen atoms in total. The zero-order valence-corrected chi connectivity index (χ0v) is 10.8. The highest BCUT2D eigenvalue weighted by Crippen LogP contribution is 2.25. The van der Waals surface area contributed by atoms with Crippen LogP contribution in [0.4, 0.5) is 0 Å². The van der Waals surface area contributed by atoms with Crippen molar-refractivity contribution in [2.24, 2.45) is 0 Å². The first kappa shape index (κ1) is 10.4. The largest absolute Gasteiger partial charge is 0.379 e. The van der Waals surface area contributed by atoms with Gasteiger partial charge >= 0.3 is 0 Å². The molecule has 2 aromatic rings. The van der Waals surface area contributed by atoms with Crippen LogP contribution in [0.3, 0.4) is 0 Å². The standard InChI is InChI=1S/C10H10BrN3OS/c11-6-3-8-9(12-4-6)14(10(16)13-8)7-1-2-15-5-7/h3-4,7H,1-2,5H2,(H,13,16). The molecule has 3 rings (SSSR count). The summed E-state index contributed by atoms with van der Waals surface area (Å²) in [6.07, 6.45) is 2.79. The lowest BCUT2D eigenvalue weighted by Crippen LogP contribution is -2.09. The smallest absolute Gasteiger partial charge is 0.179 e. The van der Waals surface area contributed by atoms with Gasteiger partial charge in [0.2, 0.25) is 0 Å². The molecule has 0 aliphatic carbocycles. The third-order valence-electron chi connectivity index (χ3n) is 2.79. The number of halogens is 1. The van der Waals surface area contributed by atoms with E-state index < -0.39 is 0 Å². The van der Waals surface area contributed by atoms with Gasteiger partial charge in [0.1, 0.15) is 0 Å². The van der Waals surface area contributed by atoms with Crippen molar-refractivity contribution in [3.05, 3.63) is 21.5 Å². The first-order valence-electron chi connectivity index (χ1n) is 5.09. The van der Waals surface area contributed by atoms with E-state index >= 15 is 0 Å². The molecule has 0 radical (unpaired) electrons. The Hall–Kier alpha value is -0.720. The Labute approximate surface area is 106 Å². The second-order valence-electron chi connectivity index (χ2n) is 3.84. The Kier molecular flexibility index (Phi) is 2.57. The van der Waals surface area contributed by atoms with Gasteiger partial charge < -0.3 is 9.72 Å². The third kappa shape index (κ3) is 1.61. The number of rotatable bonds is 1. The van der Waals surface area contributed by atoms with Gasteiger partial charge in [-0.05, 0) is 40.6 Å². The molecule has 0 saturated carbocycles. The van der Waals surface area contributed by atoms with E-state index in [1.807, 2.05) is 6.07 Å². The fourth-order valence-corrected chi connectivity index (χ4v) is 2.73. The lowest BCUT2D eigenvalue weighted by atomic mass is 10.2. The number of pyridine rings is 1. The predicted molar refractivity (Wildman–Crippen MR) is 67.1 cm³/mol. The lowest BCUT2D eigenvalue weighted by molar-refractivity contribution is 0.187. The Balaban J connectivity index is 2.23. The van der Waals surface area contributed by atoms with Gasteiger partial charge in [-0.3, -0.25) is 4.57 Å². The number of hydrogen-bond acceptors (Lipinski definition) is 3. The van der Waals surface area contributed by atoms with E-state index in [2.05, 4.69) is 30.5 Å². The van der Waals surface area contributed by atoms with Crippen molar-refractivity contribution in [3.63, 3.8) is 0 Å². The van der Waals surface area contributed by atoms with E-state index in [1.54, 1.807) is 6.20 Å². The summed E-state index contributed by atoms with van der Waals surface area (Å²) in [5.74, 6) is 0. The molecular formula is C10H10BrN3OS. The van der Waals surface area contributed by atoms with Crippen molar-refractivity contribution in [2.75, 3.05) is 13.2 Å². The lowest BCUT2D eigenvalue weighted by Gasteiger charge is -2.09. The second kappa shape index (κ2) is 3.94. The van der Waals surface area contributed by atoms with Gasteiger partial charge in [0.15, 0.2) is 10.4 Å². The van der Waals surface area contributed by atoms with Gasteiger partial charge in [0.05, 0.1) is 18.2 Å². The summed E-state index contributed by atoms with van der Waals surface area (Å²) in [5, 5.41) is 0. The van der Waals surface area contributed by atoms with Gasteiger partial charge in [-0.2, -0.15) is 0 Å². The van der Waals surface area contributed by atoms with Crippen LogP contribution in [0.5, 0.6) is 0 Å². The fraction of sp³-hybridized carbons (Fsp3) is 0.400. The van der Waals surface area contributed by atoms with Crippen LogP contribution in [-0.2, 0) is 4.74 Å². The second-order valence-corrected chi connectivity index (χ2v) is 5.14. The monoisotopic (exact) mass is 299 g/mol. The van der Waals surface area contributed by atoms with Crippen molar-refractivity contribution in [3.8, 4) is 0 Å². The number of fused-ring (bicyclic) bond motifs is 1. The van der Waals surface area contributed by atoms with Gasteiger partial charge in [0.25, 0.3) is 0 Å². The quantitative estimate of drug-likeness (QED) is 0.824. The SMILES string of the molecule is S=c1[nH]c2cc(Br)cnc2n1C1CCOC1. The normalized spacial score (nSPS) is 20.7. The maximum Gasteiger partial charge on any atom is 0.179 e. The summed E-state index contributed by atoms with van der Waals surface area (Å²) < 4.78 is 9.12. The van der Waals surface area contributed by atoms with Crippen molar-refractivity contribution >= 4 is 39.3 Å². The summed E-state index contributed by atoms with van der Waals surface area (Å²) >= 11 is 8.73. The molecule has 1 N–H and O–H groups in total. The molecule has 1 aliphatic heterocycles. The van der Waals surface area contributed by atoms with Crippen LogP contribution in [0.25, 0.3) is 11.2 Å². The number of aromatic nitrogens is 3. The molecule has 3 heterocycles. The molecule has 6 heteroatoms. The maximum atomic E-state index is 5.39. The van der Waals surface area contributed by atoms with Crippen molar-refractivity contribution in [1.29, 1.82) is 0 Å². The molecule has 1 aliphatic rings. The molecule has 0 amide bonds. The zero-order valence-electron chi connectivity index (χ0n) is 8.44. The molecule has 1 atom stereocenters. The molecule has 2 aromatic heterocycles. The predicted octanol–water partition coefficient (Wildman–Crippen LogP) is 2.82. The molecule has 1 unspecified atom stereocenters. The Morgan fingerprint density at radius 1 is 1.62 bits per heavy atom. The minimum absolute atomic E-state index is 0.315. The first-order chi connectivity index (χ1) is 7.75. The Morgan fingerprint density at radius 3 is 3.25 bits per heavy atom. The van der Waals surface area contributed by atoms with E-state index in [1.165, 1.54) is 0 Å². The number of nitrogens with one attached hydrogen (secondary N) is 1. The third-order valence-corrected chi connectivity index (χ3v) is 3.53. The number of nitrogens with zero attached hydrogens (tertiary/aromatic N) is 2. The highest BCUT2D eigenvalue weighted by molar-refractivity contribution is 9.10.